The van der Waals surface area contributed by atoms with Crippen molar-refractivity contribution in [3.63, 3.8) is 0 Å². The standard InChI is InChI=1S/C19H20N6O2/c20-19-22-14-9-5-4-8-13(14)17(24-19)18(26)21-11-16-23-15(25-27-16)10-12-6-2-1-3-7-12/h1-3,6-7H,4-5,8-11H2,(H,21,26)(H2,20,22,24). The predicted octanol–water partition coefficient (Wildman–Crippen LogP) is 1.84. The van der Waals surface area contributed by atoms with Gasteiger partial charge in [-0.25, -0.2) is 9.97 Å². The maximum atomic E-state index is 12.6. The Kier molecular flexibility index (Phi) is 4.78. The molecule has 0 unspecified atom stereocenters. The van der Waals surface area contributed by atoms with Gasteiger partial charge in [-0.3, -0.25) is 4.79 Å². The molecular weight excluding hydrogens is 344 g/mol. The van der Waals surface area contributed by atoms with Crippen LogP contribution in [0.3, 0.4) is 0 Å². The number of nitrogens with zero attached hydrogens (tertiary/aromatic N) is 4. The van der Waals surface area contributed by atoms with Gasteiger partial charge in [0.25, 0.3) is 5.91 Å². The van der Waals surface area contributed by atoms with Crippen LogP contribution in [-0.4, -0.2) is 26.0 Å². The highest BCUT2D eigenvalue weighted by atomic mass is 16.5. The average Bonchev–Trinajstić information content (AvgIpc) is 3.13. The molecule has 0 fully saturated rings. The lowest BCUT2D eigenvalue weighted by Crippen LogP contribution is -2.27. The van der Waals surface area contributed by atoms with E-state index in [9.17, 15) is 4.79 Å². The lowest BCUT2D eigenvalue weighted by molar-refractivity contribution is 0.0939. The van der Waals surface area contributed by atoms with E-state index >= 15 is 0 Å². The van der Waals surface area contributed by atoms with Gasteiger partial charge in [-0.15, -0.1) is 0 Å². The first-order valence-corrected chi connectivity index (χ1v) is 8.98. The maximum Gasteiger partial charge on any atom is 0.270 e. The summed E-state index contributed by atoms with van der Waals surface area (Å²) >= 11 is 0. The number of aryl methyl sites for hydroxylation is 1. The normalized spacial score (nSPS) is 13.2. The summed E-state index contributed by atoms with van der Waals surface area (Å²) in [4.78, 5) is 25.3. The van der Waals surface area contributed by atoms with E-state index in [1.165, 1.54) is 0 Å². The minimum absolute atomic E-state index is 0.128. The molecule has 0 atom stereocenters. The van der Waals surface area contributed by atoms with Crippen molar-refractivity contribution in [3.05, 3.63) is 64.6 Å². The molecule has 3 N–H and O–H groups in total. The van der Waals surface area contributed by atoms with Crippen molar-refractivity contribution >= 4 is 11.9 Å². The van der Waals surface area contributed by atoms with Crippen LogP contribution < -0.4 is 11.1 Å². The van der Waals surface area contributed by atoms with Crippen molar-refractivity contribution in [2.45, 2.75) is 38.6 Å². The quantitative estimate of drug-likeness (QED) is 0.709. The van der Waals surface area contributed by atoms with Crippen LogP contribution >= 0.6 is 0 Å². The molecule has 138 valence electrons. The molecule has 0 spiro atoms. The molecule has 0 bridgehead atoms. The Bertz CT molecular complexity index is 954. The van der Waals surface area contributed by atoms with Crippen LogP contribution in [0, 0.1) is 0 Å². The number of nitrogens with one attached hydrogen (secondary N) is 1. The SMILES string of the molecule is Nc1nc2c(c(C(=O)NCc3nc(Cc4ccccc4)no3)n1)CCCC2. The zero-order chi connectivity index (χ0) is 18.6. The summed E-state index contributed by atoms with van der Waals surface area (Å²) in [5.74, 6) is 0.757. The van der Waals surface area contributed by atoms with Crippen molar-refractivity contribution in [1.82, 2.24) is 25.4 Å². The van der Waals surface area contributed by atoms with E-state index in [1.54, 1.807) is 0 Å². The fourth-order valence-corrected chi connectivity index (χ4v) is 3.25. The molecule has 4 rings (SSSR count). The molecule has 1 aromatic carbocycles. The number of carbonyl (C=O) groups excluding carboxylic acids is 1. The zero-order valence-corrected chi connectivity index (χ0v) is 14.8. The lowest BCUT2D eigenvalue weighted by atomic mass is 9.94. The van der Waals surface area contributed by atoms with Crippen molar-refractivity contribution in [3.8, 4) is 0 Å². The third kappa shape index (κ3) is 3.94. The molecule has 0 saturated carbocycles. The molecule has 8 nitrogen and oxygen atoms in total. The van der Waals surface area contributed by atoms with Crippen LogP contribution in [0.15, 0.2) is 34.9 Å². The Labute approximate surface area is 156 Å². The van der Waals surface area contributed by atoms with Gasteiger partial charge in [0.05, 0.1) is 6.54 Å². The van der Waals surface area contributed by atoms with Gasteiger partial charge >= 0.3 is 0 Å². The van der Waals surface area contributed by atoms with Gasteiger partial charge in [0, 0.05) is 17.7 Å². The number of hydrogen-bond donors (Lipinski definition) is 2. The predicted molar refractivity (Wildman–Crippen MR) is 97.8 cm³/mol. The third-order valence-corrected chi connectivity index (χ3v) is 4.53. The van der Waals surface area contributed by atoms with Crippen LogP contribution in [0.4, 0.5) is 5.95 Å². The third-order valence-electron chi connectivity index (χ3n) is 4.53. The number of benzene rings is 1. The second-order valence-corrected chi connectivity index (χ2v) is 6.51. The Morgan fingerprint density at radius 2 is 1.93 bits per heavy atom. The molecule has 1 aliphatic carbocycles. The van der Waals surface area contributed by atoms with Crippen LogP contribution in [0.2, 0.25) is 0 Å². The van der Waals surface area contributed by atoms with Gasteiger partial charge in [-0.2, -0.15) is 4.98 Å². The molecule has 8 heteroatoms. The minimum atomic E-state index is -0.301. The molecule has 1 amide bonds. The molecule has 0 radical (unpaired) electrons. The molecule has 2 aromatic heterocycles. The molecule has 0 aliphatic heterocycles. The Morgan fingerprint density at radius 3 is 2.78 bits per heavy atom. The van der Waals surface area contributed by atoms with Crippen molar-refractivity contribution < 1.29 is 9.32 Å². The monoisotopic (exact) mass is 364 g/mol. The zero-order valence-electron chi connectivity index (χ0n) is 14.8. The van der Waals surface area contributed by atoms with Gasteiger partial charge in [-0.05, 0) is 31.2 Å². The van der Waals surface area contributed by atoms with E-state index in [1.807, 2.05) is 30.3 Å². The number of fused-ring (bicyclic) bond motifs is 1. The number of carbonyl (C=O) groups is 1. The Balaban J connectivity index is 1.42. The number of nitrogen functional groups attached to an aromatic ring is 1. The highest BCUT2D eigenvalue weighted by Gasteiger charge is 2.22. The Hall–Kier alpha value is -3.29. The van der Waals surface area contributed by atoms with Gasteiger partial charge in [0.1, 0.15) is 5.69 Å². The summed E-state index contributed by atoms with van der Waals surface area (Å²) in [5.41, 5.74) is 8.97. The van der Waals surface area contributed by atoms with Crippen molar-refractivity contribution in [2.75, 3.05) is 5.73 Å². The van der Waals surface area contributed by atoms with E-state index in [4.69, 9.17) is 10.3 Å². The Morgan fingerprint density at radius 1 is 1.11 bits per heavy atom. The largest absolute Gasteiger partial charge is 0.368 e. The van der Waals surface area contributed by atoms with E-state index < -0.39 is 0 Å². The first-order chi connectivity index (χ1) is 13.2. The minimum Gasteiger partial charge on any atom is -0.368 e. The van der Waals surface area contributed by atoms with Gasteiger partial charge in [0.2, 0.25) is 11.8 Å². The maximum absolute atomic E-state index is 12.6. The average molecular weight is 364 g/mol. The summed E-state index contributed by atoms with van der Waals surface area (Å²) in [6.45, 7) is 0.138. The van der Waals surface area contributed by atoms with E-state index in [0.29, 0.717) is 23.8 Å². The summed E-state index contributed by atoms with van der Waals surface area (Å²) in [5, 5.41) is 6.75. The fraction of sp³-hybridized carbons (Fsp3) is 0.316. The number of anilines is 1. The molecule has 2 heterocycles. The first-order valence-electron chi connectivity index (χ1n) is 8.98. The molecule has 0 saturated heterocycles. The molecule has 27 heavy (non-hydrogen) atoms. The van der Waals surface area contributed by atoms with Crippen LogP contribution in [0.25, 0.3) is 0 Å². The first kappa shape index (κ1) is 17.1. The number of rotatable bonds is 5. The van der Waals surface area contributed by atoms with Crippen molar-refractivity contribution in [2.24, 2.45) is 0 Å². The van der Waals surface area contributed by atoms with Crippen LogP contribution in [0.1, 0.15) is 51.9 Å². The van der Waals surface area contributed by atoms with Crippen molar-refractivity contribution in [1.29, 1.82) is 0 Å². The van der Waals surface area contributed by atoms with E-state index in [0.717, 1.165) is 42.5 Å². The van der Waals surface area contributed by atoms with Gasteiger partial charge in [0.15, 0.2) is 5.82 Å². The van der Waals surface area contributed by atoms with E-state index in [-0.39, 0.29) is 18.4 Å². The number of aromatic nitrogens is 4. The van der Waals surface area contributed by atoms with Crippen LogP contribution in [0.5, 0.6) is 0 Å². The lowest BCUT2D eigenvalue weighted by Gasteiger charge is -2.17. The van der Waals surface area contributed by atoms with E-state index in [2.05, 4.69) is 25.4 Å². The summed E-state index contributed by atoms with van der Waals surface area (Å²) in [7, 11) is 0. The summed E-state index contributed by atoms with van der Waals surface area (Å²) < 4.78 is 5.23. The van der Waals surface area contributed by atoms with Gasteiger partial charge in [-0.1, -0.05) is 35.5 Å². The smallest absolute Gasteiger partial charge is 0.270 e. The number of nitrogens with two attached hydrogens (primary N) is 1. The van der Waals surface area contributed by atoms with Gasteiger partial charge < -0.3 is 15.6 Å². The highest BCUT2D eigenvalue weighted by molar-refractivity contribution is 5.94. The second-order valence-electron chi connectivity index (χ2n) is 6.51. The summed E-state index contributed by atoms with van der Waals surface area (Å²) in [6, 6.07) is 9.88. The summed E-state index contributed by atoms with van der Waals surface area (Å²) in [6.07, 6.45) is 4.27. The highest BCUT2D eigenvalue weighted by Crippen LogP contribution is 2.22. The number of hydrogen-bond acceptors (Lipinski definition) is 7. The molecule has 3 aromatic rings. The molecular formula is C19H20N6O2. The fourth-order valence-electron chi connectivity index (χ4n) is 3.25. The topological polar surface area (TPSA) is 120 Å². The number of amides is 1. The van der Waals surface area contributed by atoms with Crippen LogP contribution in [-0.2, 0) is 25.8 Å². The second kappa shape index (κ2) is 7.53. The molecule has 1 aliphatic rings.